The van der Waals surface area contributed by atoms with Crippen LogP contribution in [0.5, 0.6) is 0 Å². The number of allylic oxidation sites excluding steroid dienone is 1. The maximum atomic E-state index is 12.1. The molecule has 0 radical (unpaired) electrons. The van der Waals surface area contributed by atoms with Gasteiger partial charge in [-0.15, -0.1) is 6.42 Å². The lowest BCUT2D eigenvalue weighted by Gasteiger charge is -2.07. The molecule has 0 atom stereocenters. The molecule has 4 nitrogen and oxygen atoms in total. The van der Waals surface area contributed by atoms with Gasteiger partial charge >= 0.3 is 5.97 Å². The first-order valence-corrected chi connectivity index (χ1v) is 6.90. The van der Waals surface area contributed by atoms with E-state index in [1.165, 1.54) is 12.1 Å². The summed E-state index contributed by atoms with van der Waals surface area (Å²) in [6.45, 7) is 1.79. The molecule has 2 rings (SSSR count). The monoisotopic (exact) mass is 305 g/mol. The van der Waals surface area contributed by atoms with Crippen LogP contribution in [0, 0.1) is 12.3 Å². The van der Waals surface area contributed by atoms with Gasteiger partial charge in [0.05, 0.1) is 11.3 Å². The van der Waals surface area contributed by atoms with Gasteiger partial charge in [-0.3, -0.25) is 4.79 Å². The Labute approximate surface area is 134 Å². The number of carbonyl (C=O) groups excluding carboxylic acids is 1. The van der Waals surface area contributed by atoms with Crippen molar-refractivity contribution in [2.24, 2.45) is 0 Å². The van der Waals surface area contributed by atoms with E-state index in [1.807, 2.05) is 18.2 Å². The van der Waals surface area contributed by atoms with Crippen molar-refractivity contribution in [1.82, 2.24) is 0 Å². The highest BCUT2D eigenvalue weighted by Gasteiger charge is 2.10. The van der Waals surface area contributed by atoms with Crippen molar-refractivity contribution in [1.29, 1.82) is 0 Å². The summed E-state index contributed by atoms with van der Waals surface area (Å²) >= 11 is 0. The average molecular weight is 305 g/mol. The van der Waals surface area contributed by atoms with Gasteiger partial charge in [0.25, 0.3) is 0 Å². The van der Waals surface area contributed by atoms with Crippen molar-refractivity contribution in [3.05, 3.63) is 71.3 Å². The first-order chi connectivity index (χ1) is 11.0. The molecule has 4 heteroatoms. The Balaban J connectivity index is 2.21. The van der Waals surface area contributed by atoms with E-state index < -0.39 is 11.9 Å². The maximum absolute atomic E-state index is 12.1. The molecule has 2 aromatic rings. The van der Waals surface area contributed by atoms with E-state index in [0.717, 1.165) is 16.7 Å². The van der Waals surface area contributed by atoms with E-state index in [1.54, 1.807) is 31.2 Å². The number of carboxylic acids is 1. The predicted octanol–water partition coefficient (Wildman–Crippen LogP) is 3.41. The van der Waals surface area contributed by atoms with Crippen LogP contribution in [0.25, 0.3) is 5.57 Å². The number of terminal acetylenes is 1. The summed E-state index contributed by atoms with van der Waals surface area (Å²) < 4.78 is 0. The molecule has 114 valence electrons. The standard InChI is InChI=1S/C19H15NO3/c1-3-14-7-6-8-15(12-14)13(2)11-18(21)20-17-10-5-4-9-16(17)19(22)23/h1,4-12H,2H3,(H,20,21)(H,22,23)/b13-11-. The van der Waals surface area contributed by atoms with E-state index in [9.17, 15) is 9.59 Å². The minimum Gasteiger partial charge on any atom is -0.478 e. The molecule has 2 aromatic carbocycles. The molecular formula is C19H15NO3. The van der Waals surface area contributed by atoms with Crippen LogP contribution in [-0.2, 0) is 4.79 Å². The third kappa shape index (κ3) is 4.08. The second-order valence-corrected chi connectivity index (χ2v) is 4.89. The van der Waals surface area contributed by atoms with Gasteiger partial charge < -0.3 is 10.4 Å². The smallest absolute Gasteiger partial charge is 0.337 e. The largest absolute Gasteiger partial charge is 0.478 e. The van der Waals surface area contributed by atoms with Gasteiger partial charge in [-0.2, -0.15) is 0 Å². The van der Waals surface area contributed by atoms with Crippen LogP contribution in [0.3, 0.4) is 0 Å². The lowest BCUT2D eigenvalue weighted by atomic mass is 10.0. The Morgan fingerprint density at radius 2 is 1.91 bits per heavy atom. The molecule has 0 unspecified atom stereocenters. The molecule has 0 saturated carbocycles. The highest BCUT2D eigenvalue weighted by atomic mass is 16.4. The van der Waals surface area contributed by atoms with Gasteiger partial charge in [0.2, 0.25) is 5.91 Å². The summed E-state index contributed by atoms with van der Waals surface area (Å²) in [7, 11) is 0. The van der Waals surface area contributed by atoms with Gasteiger partial charge in [-0.05, 0) is 42.3 Å². The Morgan fingerprint density at radius 1 is 1.17 bits per heavy atom. The zero-order valence-corrected chi connectivity index (χ0v) is 12.5. The van der Waals surface area contributed by atoms with E-state index in [4.69, 9.17) is 11.5 Å². The number of para-hydroxylation sites is 1. The average Bonchev–Trinajstić information content (AvgIpc) is 2.55. The Kier molecular flexibility index (Phi) is 4.96. The minimum absolute atomic E-state index is 0.0428. The molecular weight excluding hydrogens is 290 g/mol. The molecule has 0 bridgehead atoms. The van der Waals surface area contributed by atoms with Crippen LogP contribution >= 0.6 is 0 Å². The van der Waals surface area contributed by atoms with Crippen LogP contribution in [0.4, 0.5) is 5.69 Å². The van der Waals surface area contributed by atoms with Gasteiger partial charge in [0, 0.05) is 11.6 Å². The third-order valence-electron chi connectivity index (χ3n) is 3.25. The first-order valence-electron chi connectivity index (χ1n) is 6.90. The van der Waals surface area contributed by atoms with E-state index in [0.29, 0.717) is 0 Å². The van der Waals surface area contributed by atoms with Gasteiger partial charge in [0.15, 0.2) is 0 Å². The molecule has 1 amide bonds. The van der Waals surface area contributed by atoms with Gasteiger partial charge in [-0.1, -0.05) is 30.2 Å². The van der Waals surface area contributed by atoms with Crippen molar-refractivity contribution in [2.75, 3.05) is 5.32 Å². The zero-order chi connectivity index (χ0) is 16.8. The lowest BCUT2D eigenvalue weighted by molar-refractivity contribution is -0.111. The lowest BCUT2D eigenvalue weighted by Crippen LogP contribution is -2.12. The van der Waals surface area contributed by atoms with E-state index in [-0.39, 0.29) is 11.3 Å². The maximum Gasteiger partial charge on any atom is 0.337 e. The molecule has 0 saturated heterocycles. The summed E-state index contributed by atoms with van der Waals surface area (Å²) in [5.41, 5.74) is 2.59. The van der Waals surface area contributed by atoms with Crippen molar-refractivity contribution in [3.8, 4) is 12.3 Å². The number of carbonyl (C=O) groups is 2. The van der Waals surface area contributed by atoms with Crippen molar-refractivity contribution >= 4 is 23.1 Å². The van der Waals surface area contributed by atoms with Crippen LogP contribution < -0.4 is 5.32 Å². The minimum atomic E-state index is -1.09. The van der Waals surface area contributed by atoms with Crippen LogP contribution in [0.2, 0.25) is 0 Å². The Hall–Kier alpha value is -3.32. The summed E-state index contributed by atoms with van der Waals surface area (Å²) in [6, 6.07) is 13.5. The van der Waals surface area contributed by atoms with Gasteiger partial charge in [-0.25, -0.2) is 4.79 Å². The number of hydrogen-bond donors (Lipinski definition) is 2. The summed E-state index contributed by atoms with van der Waals surface area (Å²) in [6.07, 6.45) is 6.77. The molecule has 2 N–H and O–H groups in total. The molecule has 0 heterocycles. The number of aromatic carboxylic acids is 1. The zero-order valence-electron chi connectivity index (χ0n) is 12.5. The second-order valence-electron chi connectivity index (χ2n) is 4.89. The summed E-state index contributed by atoms with van der Waals surface area (Å²) in [5, 5.41) is 11.7. The van der Waals surface area contributed by atoms with Crippen molar-refractivity contribution in [3.63, 3.8) is 0 Å². The third-order valence-corrected chi connectivity index (χ3v) is 3.25. The topological polar surface area (TPSA) is 66.4 Å². The number of amides is 1. The summed E-state index contributed by atoms with van der Waals surface area (Å²) in [5.74, 6) is 1.05. The SMILES string of the molecule is C#Cc1cccc(/C(C)=C\C(=O)Nc2ccccc2C(=O)O)c1. The van der Waals surface area contributed by atoms with Gasteiger partial charge in [0.1, 0.15) is 0 Å². The van der Waals surface area contributed by atoms with Crippen molar-refractivity contribution < 1.29 is 14.7 Å². The van der Waals surface area contributed by atoms with Crippen molar-refractivity contribution in [2.45, 2.75) is 6.92 Å². The summed E-state index contributed by atoms with van der Waals surface area (Å²) in [4.78, 5) is 23.2. The number of anilines is 1. The van der Waals surface area contributed by atoms with Crippen LogP contribution in [0.15, 0.2) is 54.6 Å². The fourth-order valence-corrected chi connectivity index (χ4v) is 2.08. The highest BCUT2D eigenvalue weighted by molar-refractivity contribution is 6.07. The number of nitrogens with one attached hydrogen (secondary N) is 1. The normalized spacial score (nSPS) is 10.7. The molecule has 23 heavy (non-hydrogen) atoms. The molecule has 0 spiro atoms. The van der Waals surface area contributed by atoms with E-state index >= 15 is 0 Å². The van der Waals surface area contributed by atoms with Crippen LogP contribution in [-0.4, -0.2) is 17.0 Å². The number of benzene rings is 2. The quantitative estimate of drug-likeness (QED) is 0.672. The second kappa shape index (κ2) is 7.10. The number of carboxylic acid groups (broad SMARTS) is 1. The van der Waals surface area contributed by atoms with Crippen LogP contribution in [0.1, 0.15) is 28.4 Å². The first kappa shape index (κ1) is 16.1. The molecule has 0 aliphatic rings. The fourth-order valence-electron chi connectivity index (χ4n) is 2.08. The number of hydrogen-bond acceptors (Lipinski definition) is 2. The Bertz CT molecular complexity index is 829. The Morgan fingerprint density at radius 3 is 2.61 bits per heavy atom. The predicted molar refractivity (Wildman–Crippen MR) is 90.1 cm³/mol. The fraction of sp³-hybridized carbons (Fsp3) is 0.0526. The molecule has 0 aliphatic heterocycles. The number of rotatable bonds is 4. The molecule has 0 aliphatic carbocycles. The highest BCUT2D eigenvalue weighted by Crippen LogP contribution is 2.17. The molecule has 0 fully saturated rings. The molecule has 0 aromatic heterocycles. The van der Waals surface area contributed by atoms with E-state index in [2.05, 4.69) is 11.2 Å².